The van der Waals surface area contributed by atoms with E-state index in [0.29, 0.717) is 31.0 Å². The maximum absolute atomic E-state index is 11.8. The Labute approximate surface area is 118 Å². The summed E-state index contributed by atoms with van der Waals surface area (Å²) in [5, 5.41) is 0.688. The maximum Gasteiger partial charge on any atom is 0.222 e. The number of hydrogen-bond acceptors (Lipinski definition) is 3. The van der Waals surface area contributed by atoms with Crippen LogP contribution in [0.2, 0.25) is 5.02 Å². The number of ether oxygens (including phenoxy) is 1. The molecule has 1 aromatic carbocycles. The first-order valence-electron chi connectivity index (χ1n) is 6.57. The summed E-state index contributed by atoms with van der Waals surface area (Å²) < 4.78 is 5.54. The molecule has 1 aromatic rings. The first-order chi connectivity index (χ1) is 9.15. The van der Waals surface area contributed by atoms with Crippen molar-refractivity contribution in [1.29, 1.82) is 0 Å². The Hall–Kier alpha value is -1.26. The van der Waals surface area contributed by atoms with Crippen molar-refractivity contribution in [3.05, 3.63) is 29.3 Å². The van der Waals surface area contributed by atoms with Crippen LogP contribution in [-0.4, -0.2) is 36.5 Å². The van der Waals surface area contributed by atoms with Gasteiger partial charge in [0.1, 0.15) is 5.75 Å². The average molecular weight is 283 g/mol. The molecule has 0 aromatic heterocycles. The van der Waals surface area contributed by atoms with Crippen molar-refractivity contribution >= 4 is 17.5 Å². The van der Waals surface area contributed by atoms with Crippen LogP contribution in [-0.2, 0) is 4.79 Å². The van der Waals surface area contributed by atoms with Crippen molar-refractivity contribution in [2.45, 2.75) is 25.3 Å². The molecule has 4 nitrogen and oxygen atoms in total. The van der Waals surface area contributed by atoms with E-state index in [1.54, 1.807) is 12.1 Å². The van der Waals surface area contributed by atoms with Crippen molar-refractivity contribution in [3.8, 4) is 5.75 Å². The Balaban J connectivity index is 1.64. The van der Waals surface area contributed by atoms with Crippen molar-refractivity contribution in [1.82, 2.24) is 4.90 Å². The number of likely N-dealkylation sites (tertiary alicyclic amines) is 1. The minimum Gasteiger partial charge on any atom is -0.494 e. The molecule has 104 valence electrons. The van der Waals surface area contributed by atoms with Gasteiger partial charge in [-0.25, -0.2) is 0 Å². The molecule has 1 amide bonds. The van der Waals surface area contributed by atoms with Gasteiger partial charge >= 0.3 is 0 Å². The number of nitrogens with zero attached hydrogens (tertiary/aromatic N) is 1. The fourth-order valence-electron chi connectivity index (χ4n) is 2.12. The molecule has 1 saturated heterocycles. The van der Waals surface area contributed by atoms with Crippen molar-refractivity contribution in [3.63, 3.8) is 0 Å². The number of halogens is 1. The molecule has 1 heterocycles. The Kier molecular flexibility index (Phi) is 5.05. The highest BCUT2D eigenvalue weighted by Crippen LogP contribution is 2.16. The standard InChI is InChI=1S/C14H19ClN2O2/c15-11-3-5-13(6-4-11)19-9-1-2-14(18)17-8-7-12(16)10-17/h3-6,12H,1-2,7-10,16H2/t12-/m0/s1. The molecule has 5 heteroatoms. The lowest BCUT2D eigenvalue weighted by Crippen LogP contribution is -2.31. The second-order valence-electron chi connectivity index (χ2n) is 4.79. The summed E-state index contributed by atoms with van der Waals surface area (Å²) in [6.45, 7) is 2.02. The van der Waals surface area contributed by atoms with Crippen LogP contribution in [0.1, 0.15) is 19.3 Å². The Bertz CT molecular complexity index is 422. The molecule has 0 saturated carbocycles. The van der Waals surface area contributed by atoms with Crippen LogP contribution in [0.25, 0.3) is 0 Å². The van der Waals surface area contributed by atoms with E-state index in [0.717, 1.165) is 18.7 Å². The first-order valence-corrected chi connectivity index (χ1v) is 6.94. The van der Waals surface area contributed by atoms with Crippen molar-refractivity contribution in [2.24, 2.45) is 5.73 Å². The number of amides is 1. The summed E-state index contributed by atoms with van der Waals surface area (Å²) in [7, 11) is 0. The van der Waals surface area contributed by atoms with Gasteiger partial charge in [-0.3, -0.25) is 4.79 Å². The third-order valence-electron chi connectivity index (χ3n) is 3.19. The molecule has 0 bridgehead atoms. The van der Waals surface area contributed by atoms with E-state index in [1.165, 1.54) is 0 Å². The van der Waals surface area contributed by atoms with E-state index < -0.39 is 0 Å². The molecule has 0 spiro atoms. The van der Waals surface area contributed by atoms with Crippen LogP contribution in [0.15, 0.2) is 24.3 Å². The van der Waals surface area contributed by atoms with Gasteiger partial charge in [0.15, 0.2) is 0 Å². The molecule has 0 aliphatic carbocycles. The molecule has 1 aliphatic rings. The van der Waals surface area contributed by atoms with Crippen LogP contribution < -0.4 is 10.5 Å². The predicted molar refractivity (Wildman–Crippen MR) is 75.4 cm³/mol. The van der Waals surface area contributed by atoms with Gasteiger partial charge in [0.05, 0.1) is 6.61 Å². The average Bonchev–Trinajstić information content (AvgIpc) is 2.83. The van der Waals surface area contributed by atoms with Gasteiger partial charge in [0.25, 0.3) is 0 Å². The zero-order valence-electron chi connectivity index (χ0n) is 10.8. The second-order valence-corrected chi connectivity index (χ2v) is 5.23. The topological polar surface area (TPSA) is 55.6 Å². The molecule has 2 rings (SSSR count). The minimum absolute atomic E-state index is 0.147. The summed E-state index contributed by atoms with van der Waals surface area (Å²) >= 11 is 5.78. The smallest absolute Gasteiger partial charge is 0.222 e. The van der Waals surface area contributed by atoms with E-state index in [2.05, 4.69) is 0 Å². The normalized spacial score (nSPS) is 18.6. The van der Waals surface area contributed by atoms with Gasteiger partial charge in [-0.15, -0.1) is 0 Å². The molecular formula is C14H19ClN2O2. The first kappa shape index (κ1) is 14.2. The predicted octanol–water partition coefficient (Wildman–Crippen LogP) is 2.06. The van der Waals surface area contributed by atoms with E-state index in [-0.39, 0.29) is 11.9 Å². The number of hydrogen-bond donors (Lipinski definition) is 1. The van der Waals surface area contributed by atoms with Crippen molar-refractivity contribution in [2.75, 3.05) is 19.7 Å². The van der Waals surface area contributed by atoms with Gasteiger partial charge in [-0.2, -0.15) is 0 Å². The minimum atomic E-state index is 0.147. The van der Waals surface area contributed by atoms with Gasteiger partial charge < -0.3 is 15.4 Å². The third-order valence-corrected chi connectivity index (χ3v) is 3.45. The van der Waals surface area contributed by atoms with Gasteiger partial charge in [-0.05, 0) is 37.1 Å². The van der Waals surface area contributed by atoms with Crippen LogP contribution in [0.5, 0.6) is 5.75 Å². The van der Waals surface area contributed by atoms with Crippen LogP contribution in [0.4, 0.5) is 0 Å². The fraction of sp³-hybridized carbons (Fsp3) is 0.500. The summed E-state index contributed by atoms with van der Waals surface area (Å²) in [5.74, 6) is 0.952. The number of carbonyl (C=O) groups excluding carboxylic acids is 1. The summed E-state index contributed by atoms with van der Waals surface area (Å²) in [5.41, 5.74) is 5.78. The molecule has 19 heavy (non-hydrogen) atoms. The lowest BCUT2D eigenvalue weighted by atomic mass is 10.3. The van der Waals surface area contributed by atoms with E-state index >= 15 is 0 Å². The fourth-order valence-corrected chi connectivity index (χ4v) is 2.24. The molecule has 0 unspecified atom stereocenters. The number of benzene rings is 1. The Morgan fingerprint density at radius 3 is 2.79 bits per heavy atom. The highest BCUT2D eigenvalue weighted by atomic mass is 35.5. The number of rotatable bonds is 5. The monoisotopic (exact) mass is 282 g/mol. The molecular weight excluding hydrogens is 264 g/mol. The SMILES string of the molecule is N[C@H]1CCN(C(=O)CCCOc2ccc(Cl)cc2)C1. The van der Waals surface area contributed by atoms with Crippen molar-refractivity contribution < 1.29 is 9.53 Å². The summed E-state index contributed by atoms with van der Waals surface area (Å²) in [6, 6.07) is 7.36. The molecule has 1 fully saturated rings. The zero-order chi connectivity index (χ0) is 13.7. The molecule has 2 N–H and O–H groups in total. The lowest BCUT2D eigenvalue weighted by molar-refractivity contribution is -0.130. The van der Waals surface area contributed by atoms with Gasteiger partial charge in [0.2, 0.25) is 5.91 Å². The van der Waals surface area contributed by atoms with Crippen LogP contribution in [0, 0.1) is 0 Å². The van der Waals surface area contributed by atoms with E-state index in [4.69, 9.17) is 22.1 Å². The highest BCUT2D eigenvalue weighted by molar-refractivity contribution is 6.30. The third kappa shape index (κ3) is 4.40. The molecule has 1 aliphatic heterocycles. The zero-order valence-corrected chi connectivity index (χ0v) is 11.6. The summed E-state index contributed by atoms with van der Waals surface area (Å²) in [6.07, 6.45) is 2.14. The van der Waals surface area contributed by atoms with Gasteiger partial charge in [-0.1, -0.05) is 11.6 Å². The summed E-state index contributed by atoms with van der Waals surface area (Å²) in [4.78, 5) is 13.7. The Morgan fingerprint density at radius 2 is 2.16 bits per heavy atom. The lowest BCUT2D eigenvalue weighted by Gasteiger charge is -2.15. The molecule has 1 atom stereocenters. The van der Waals surface area contributed by atoms with E-state index in [9.17, 15) is 4.79 Å². The van der Waals surface area contributed by atoms with Crippen LogP contribution in [0.3, 0.4) is 0 Å². The number of carbonyl (C=O) groups is 1. The largest absolute Gasteiger partial charge is 0.494 e. The number of nitrogens with two attached hydrogens (primary N) is 1. The van der Waals surface area contributed by atoms with Crippen LogP contribution >= 0.6 is 11.6 Å². The maximum atomic E-state index is 11.8. The quantitative estimate of drug-likeness (QED) is 0.841. The second kappa shape index (κ2) is 6.78. The van der Waals surface area contributed by atoms with Gasteiger partial charge in [0, 0.05) is 30.6 Å². The Morgan fingerprint density at radius 1 is 1.42 bits per heavy atom. The molecule has 0 radical (unpaired) electrons. The highest BCUT2D eigenvalue weighted by Gasteiger charge is 2.22. The van der Waals surface area contributed by atoms with E-state index in [1.807, 2.05) is 17.0 Å².